The van der Waals surface area contributed by atoms with Crippen LogP contribution in [0.25, 0.3) is 0 Å². The number of nitrogens with zero attached hydrogens (tertiary/aromatic N) is 1. The van der Waals surface area contributed by atoms with Gasteiger partial charge in [-0.2, -0.15) is 0 Å². The minimum absolute atomic E-state index is 0.0935. The minimum atomic E-state index is -2.91. The van der Waals surface area contributed by atoms with Gasteiger partial charge in [0, 0.05) is 5.92 Å². The molecule has 1 aliphatic rings. The number of oxazole rings is 1. The average molecular weight is 230 g/mol. The minimum Gasteiger partial charge on any atom is -0.444 e. The fourth-order valence-corrected chi connectivity index (χ4v) is 3.52. The van der Waals surface area contributed by atoms with Crippen molar-refractivity contribution in [3.63, 3.8) is 0 Å². The Kier molecular flexibility index (Phi) is 2.79. The van der Waals surface area contributed by atoms with Crippen LogP contribution in [0.5, 0.6) is 0 Å². The maximum Gasteiger partial charge on any atom is 0.198 e. The Balaban J connectivity index is 2.17. The maximum absolute atomic E-state index is 11.4. The van der Waals surface area contributed by atoms with Crippen LogP contribution in [0.4, 0.5) is 0 Å². The highest BCUT2D eigenvalue weighted by Gasteiger charge is 2.28. The van der Waals surface area contributed by atoms with Gasteiger partial charge in [-0.1, -0.05) is 0 Å². The Bertz CT molecular complexity index is 438. The molecule has 5 nitrogen and oxygen atoms in total. The van der Waals surface area contributed by atoms with Crippen molar-refractivity contribution in [2.45, 2.75) is 25.3 Å². The number of nitrogens with two attached hydrogens (primary N) is 1. The number of hydrogen-bond donors (Lipinski definition) is 1. The Labute approximate surface area is 88.6 Å². The van der Waals surface area contributed by atoms with Crippen molar-refractivity contribution >= 4 is 9.84 Å². The molecule has 1 atom stereocenters. The van der Waals surface area contributed by atoms with E-state index in [4.69, 9.17) is 10.2 Å². The fourth-order valence-electron chi connectivity index (χ4n) is 1.82. The van der Waals surface area contributed by atoms with Gasteiger partial charge in [-0.05, 0) is 12.8 Å². The lowest BCUT2D eigenvalue weighted by Gasteiger charge is -2.18. The third-order valence-corrected chi connectivity index (χ3v) is 4.41. The topological polar surface area (TPSA) is 86.2 Å². The summed E-state index contributed by atoms with van der Waals surface area (Å²) in [6, 6.07) is 0. The van der Waals surface area contributed by atoms with Gasteiger partial charge in [0.05, 0.1) is 24.2 Å². The summed E-state index contributed by atoms with van der Waals surface area (Å²) in [5, 5.41) is 0. The van der Waals surface area contributed by atoms with Crippen molar-refractivity contribution in [2.75, 3.05) is 11.5 Å². The van der Waals surface area contributed by atoms with Crippen LogP contribution in [0.3, 0.4) is 0 Å². The van der Waals surface area contributed by atoms with Gasteiger partial charge in [0.25, 0.3) is 0 Å². The summed E-state index contributed by atoms with van der Waals surface area (Å²) in [6.07, 6.45) is 3.08. The van der Waals surface area contributed by atoms with Gasteiger partial charge in [-0.3, -0.25) is 0 Å². The van der Waals surface area contributed by atoms with Gasteiger partial charge in [-0.15, -0.1) is 0 Å². The van der Waals surface area contributed by atoms with Gasteiger partial charge in [0.15, 0.2) is 15.7 Å². The quantitative estimate of drug-likeness (QED) is 0.796. The summed E-state index contributed by atoms with van der Waals surface area (Å²) in [7, 11) is -2.91. The summed E-state index contributed by atoms with van der Waals surface area (Å²) < 4.78 is 28.2. The number of rotatable bonds is 2. The lowest BCUT2D eigenvalue weighted by atomic mass is 10.1. The molecule has 0 radical (unpaired) electrons. The normalized spacial score (nSPS) is 25.3. The fraction of sp³-hybridized carbons (Fsp3) is 0.667. The van der Waals surface area contributed by atoms with E-state index < -0.39 is 9.84 Å². The largest absolute Gasteiger partial charge is 0.444 e. The second kappa shape index (κ2) is 3.94. The molecule has 2 rings (SSSR count). The zero-order chi connectivity index (χ0) is 10.9. The maximum atomic E-state index is 11.4. The molecule has 6 heteroatoms. The first-order valence-corrected chi connectivity index (χ1v) is 6.78. The summed E-state index contributed by atoms with van der Waals surface area (Å²) in [5.41, 5.74) is 5.39. The Morgan fingerprint density at radius 1 is 1.60 bits per heavy atom. The van der Waals surface area contributed by atoms with Crippen LogP contribution in [-0.2, 0) is 16.4 Å². The van der Waals surface area contributed by atoms with E-state index >= 15 is 0 Å². The third kappa shape index (κ3) is 2.38. The van der Waals surface area contributed by atoms with E-state index in [1.807, 2.05) is 0 Å². The highest BCUT2D eigenvalue weighted by Crippen LogP contribution is 2.27. The van der Waals surface area contributed by atoms with Crippen LogP contribution in [-0.4, -0.2) is 24.9 Å². The average Bonchev–Trinajstić information content (AvgIpc) is 2.64. The van der Waals surface area contributed by atoms with Crippen LogP contribution >= 0.6 is 0 Å². The van der Waals surface area contributed by atoms with Crippen LogP contribution in [0.2, 0.25) is 0 Å². The zero-order valence-corrected chi connectivity index (χ0v) is 9.16. The van der Waals surface area contributed by atoms with E-state index in [2.05, 4.69) is 4.98 Å². The second-order valence-corrected chi connectivity index (χ2v) is 6.05. The molecule has 1 aromatic rings. The first kappa shape index (κ1) is 10.6. The number of sulfone groups is 1. The molecule has 2 N–H and O–H groups in total. The van der Waals surface area contributed by atoms with Crippen molar-refractivity contribution in [2.24, 2.45) is 5.73 Å². The van der Waals surface area contributed by atoms with Crippen molar-refractivity contribution < 1.29 is 12.8 Å². The summed E-state index contributed by atoms with van der Waals surface area (Å²) in [6.45, 7) is 0.298. The van der Waals surface area contributed by atoms with Crippen molar-refractivity contribution in [3.8, 4) is 0 Å². The van der Waals surface area contributed by atoms with Crippen molar-refractivity contribution in [1.82, 2.24) is 4.98 Å². The van der Waals surface area contributed by atoms with E-state index in [1.165, 1.54) is 0 Å². The Morgan fingerprint density at radius 3 is 3.00 bits per heavy atom. The zero-order valence-electron chi connectivity index (χ0n) is 8.35. The van der Waals surface area contributed by atoms with Crippen LogP contribution < -0.4 is 5.73 Å². The second-order valence-electron chi connectivity index (χ2n) is 3.82. The standard InChI is InChI=1S/C9H14N2O3S/c10-4-8-5-11-9(14-8)7-2-1-3-15(12,13)6-7/h5,7H,1-4,6,10H2. The molecular weight excluding hydrogens is 216 g/mol. The highest BCUT2D eigenvalue weighted by molar-refractivity contribution is 7.91. The van der Waals surface area contributed by atoms with E-state index in [9.17, 15) is 8.42 Å². The van der Waals surface area contributed by atoms with E-state index in [0.29, 0.717) is 24.6 Å². The van der Waals surface area contributed by atoms with Gasteiger partial charge >= 0.3 is 0 Å². The molecule has 1 unspecified atom stereocenters. The number of aromatic nitrogens is 1. The predicted molar refractivity (Wildman–Crippen MR) is 55.0 cm³/mol. The van der Waals surface area contributed by atoms with E-state index in [1.54, 1.807) is 6.20 Å². The molecule has 0 amide bonds. The smallest absolute Gasteiger partial charge is 0.198 e. The van der Waals surface area contributed by atoms with Crippen molar-refractivity contribution in [1.29, 1.82) is 0 Å². The molecule has 0 aliphatic carbocycles. The summed E-state index contributed by atoms with van der Waals surface area (Å²) >= 11 is 0. The Hall–Kier alpha value is -0.880. The summed E-state index contributed by atoms with van der Waals surface area (Å²) in [4.78, 5) is 4.07. The highest BCUT2D eigenvalue weighted by atomic mass is 32.2. The van der Waals surface area contributed by atoms with Gasteiger partial charge in [0.2, 0.25) is 0 Å². The molecule has 2 heterocycles. The lowest BCUT2D eigenvalue weighted by Crippen LogP contribution is -2.23. The lowest BCUT2D eigenvalue weighted by molar-refractivity contribution is 0.410. The Morgan fingerprint density at radius 2 is 2.40 bits per heavy atom. The molecule has 0 spiro atoms. The molecule has 84 valence electrons. The molecule has 1 saturated heterocycles. The third-order valence-electron chi connectivity index (χ3n) is 2.58. The van der Waals surface area contributed by atoms with Gasteiger partial charge in [0.1, 0.15) is 5.76 Å². The molecular formula is C9H14N2O3S. The first-order chi connectivity index (χ1) is 7.11. The van der Waals surface area contributed by atoms with Crippen molar-refractivity contribution in [3.05, 3.63) is 17.8 Å². The van der Waals surface area contributed by atoms with Crippen LogP contribution in [0, 0.1) is 0 Å². The molecule has 15 heavy (non-hydrogen) atoms. The van der Waals surface area contributed by atoms with Crippen LogP contribution in [0.15, 0.2) is 10.6 Å². The molecule has 0 bridgehead atoms. The molecule has 1 fully saturated rings. The number of hydrogen-bond acceptors (Lipinski definition) is 5. The van der Waals surface area contributed by atoms with E-state index in [-0.39, 0.29) is 17.4 Å². The SMILES string of the molecule is NCc1cnc(C2CCCS(=O)(=O)C2)o1. The molecule has 0 saturated carbocycles. The molecule has 1 aromatic heterocycles. The van der Waals surface area contributed by atoms with Gasteiger partial charge in [-0.25, -0.2) is 13.4 Å². The molecule has 0 aromatic carbocycles. The molecule has 1 aliphatic heterocycles. The van der Waals surface area contributed by atoms with Gasteiger partial charge < -0.3 is 10.2 Å². The summed E-state index contributed by atoms with van der Waals surface area (Å²) in [5.74, 6) is 1.46. The van der Waals surface area contributed by atoms with E-state index in [0.717, 1.165) is 6.42 Å². The van der Waals surface area contributed by atoms with Crippen LogP contribution in [0.1, 0.15) is 30.4 Å². The first-order valence-electron chi connectivity index (χ1n) is 4.96. The monoisotopic (exact) mass is 230 g/mol. The predicted octanol–water partition coefficient (Wildman–Crippen LogP) is 0.425.